The van der Waals surface area contributed by atoms with Crippen molar-refractivity contribution in [2.45, 2.75) is 24.1 Å². The first-order valence-corrected chi connectivity index (χ1v) is 7.62. The van der Waals surface area contributed by atoms with E-state index in [9.17, 15) is 5.26 Å². The van der Waals surface area contributed by atoms with E-state index in [-0.39, 0.29) is 4.75 Å². The summed E-state index contributed by atoms with van der Waals surface area (Å²) in [5.41, 5.74) is 1.02. The number of likely N-dealkylation sites (tertiary alicyclic amines) is 1. The highest BCUT2D eigenvalue weighted by molar-refractivity contribution is 8.00. The number of aromatic nitrogens is 1. The molecule has 0 aromatic carbocycles. The molecule has 102 valence electrons. The van der Waals surface area contributed by atoms with Gasteiger partial charge in [-0.1, -0.05) is 6.07 Å². The second-order valence-electron chi connectivity index (χ2n) is 4.76. The van der Waals surface area contributed by atoms with E-state index in [0.717, 1.165) is 38.2 Å². The fraction of sp³-hybridized carbons (Fsp3) is 0.571. The van der Waals surface area contributed by atoms with Gasteiger partial charge in [0.05, 0.1) is 18.9 Å². The van der Waals surface area contributed by atoms with Gasteiger partial charge in [-0.05, 0) is 25.2 Å². The van der Waals surface area contributed by atoms with Crippen molar-refractivity contribution in [1.29, 1.82) is 5.26 Å². The van der Waals surface area contributed by atoms with Gasteiger partial charge in [0.2, 0.25) is 5.88 Å². The summed E-state index contributed by atoms with van der Waals surface area (Å²) in [7, 11) is 1.63. The Morgan fingerprint density at radius 2 is 2.21 bits per heavy atom. The van der Waals surface area contributed by atoms with Gasteiger partial charge in [-0.25, -0.2) is 4.98 Å². The number of hydrogen-bond donors (Lipinski definition) is 0. The van der Waals surface area contributed by atoms with Gasteiger partial charge in [0.25, 0.3) is 0 Å². The van der Waals surface area contributed by atoms with Crippen molar-refractivity contribution >= 4 is 11.8 Å². The minimum atomic E-state index is -0.182. The summed E-state index contributed by atoms with van der Waals surface area (Å²) >= 11 is 1.68. The van der Waals surface area contributed by atoms with Gasteiger partial charge in [-0.2, -0.15) is 5.26 Å². The van der Waals surface area contributed by atoms with Crippen molar-refractivity contribution in [3.8, 4) is 11.9 Å². The van der Waals surface area contributed by atoms with E-state index < -0.39 is 0 Å². The van der Waals surface area contributed by atoms with Crippen LogP contribution in [0.3, 0.4) is 0 Å². The Hall–Kier alpha value is -1.25. The first-order chi connectivity index (χ1) is 9.21. The van der Waals surface area contributed by atoms with E-state index >= 15 is 0 Å². The van der Waals surface area contributed by atoms with Gasteiger partial charge in [0.15, 0.2) is 0 Å². The highest BCUT2D eigenvalue weighted by Gasteiger charge is 2.33. The molecule has 0 unspecified atom stereocenters. The van der Waals surface area contributed by atoms with Gasteiger partial charge in [0.1, 0.15) is 4.75 Å². The van der Waals surface area contributed by atoms with E-state index in [0.29, 0.717) is 5.88 Å². The molecule has 2 rings (SSSR count). The van der Waals surface area contributed by atoms with Crippen LogP contribution in [0.2, 0.25) is 0 Å². The van der Waals surface area contributed by atoms with Crippen LogP contribution in [-0.2, 0) is 6.54 Å². The highest BCUT2D eigenvalue weighted by atomic mass is 32.2. The third kappa shape index (κ3) is 3.40. The monoisotopic (exact) mass is 277 g/mol. The molecule has 0 aliphatic carbocycles. The second kappa shape index (κ2) is 6.27. The van der Waals surface area contributed by atoms with Gasteiger partial charge in [-0.3, -0.25) is 4.90 Å². The maximum Gasteiger partial charge on any atom is 0.213 e. The zero-order valence-electron chi connectivity index (χ0n) is 11.4. The van der Waals surface area contributed by atoms with E-state index in [1.165, 1.54) is 0 Å². The Morgan fingerprint density at radius 3 is 2.79 bits per heavy atom. The maximum atomic E-state index is 9.27. The fourth-order valence-corrected chi connectivity index (χ4v) is 3.00. The first kappa shape index (κ1) is 14.2. The number of hydrogen-bond acceptors (Lipinski definition) is 5. The molecule has 0 bridgehead atoms. The second-order valence-corrected chi connectivity index (χ2v) is 5.95. The average molecular weight is 277 g/mol. The number of rotatable bonds is 4. The number of pyridine rings is 1. The summed E-state index contributed by atoms with van der Waals surface area (Å²) in [5, 5.41) is 9.27. The van der Waals surface area contributed by atoms with Gasteiger partial charge in [0, 0.05) is 25.7 Å². The largest absolute Gasteiger partial charge is 0.481 e. The van der Waals surface area contributed by atoms with Crippen molar-refractivity contribution in [3.63, 3.8) is 0 Å². The third-order valence-electron chi connectivity index (χ3n) is 3.63. The van der Waals surface area contributed by atoms with Crippen LogP contribution in [0.1, 0.15) is 18.5 Å². The van der Waals surface area contributed by atoms with E-state index in [1.54, 1.807) is 18.9 Å². The molecule has 0 radical (unpaired) electrons. The Kier molecular flexibility index (Phi) is 4.67. The SMILES string of the molecule is COc1cccc(CN2CCC(C#N)(SC)CC2)n1. The van der Waals surface area contributed by atoms with Crippen LogP contribution >= 0.6 is 11.8 Å². The van der Waals surface area contributed by atoms with Crippen molar-refractivity contribution in [2.24, 2.45) is 0 Å². The lowest BCUT2D eigenvalue weighted by atomic mass is 9.97. The lowest BCUT2D eigenvalue weighted by molar-refractivity contribution is 0.206. The van der Waals surface area contributed by atoms with Crippen LogP contribution in [0.5, 0.6) is 5.88 Å². The summed E-state index contributed by atoms with van der Waals surface area (Å²) in [6.45, 7) is 2.73. The number of ether oxygens (including phenoxy) is 1. The lowest BCUT2D eigenvalue weighted by Crippen LogP contribution is -2.41. The molecule has 0 spiro atoms. The fourth-order valence-electron chi connectivity index (χ4n) is 2.32. The molecule has 0 atom stereocenters. The molecule has 1 saturated heterocycles. The smallest absolute Gasteiger partial charge is 0.213 e. The first-order valence-electron chi connectivity index (χ1n) is 6.40. The number of nitriles is 1. The Labute approximate surface area is 118 Å². The van der Waals surface area contributed by atoms with Crippen molar-refractivity contribution in [3.05, 3.63) is 23.9 Å². The summed E-state index contributed by atoms with van der Waals surface area (Å²) in [4.78, 5) is 6.78. The third-order valence-corrected chi connectivity index (χ3v) is 4.92. The number of thioether (sulfide) groups is 1. The number of piperidine rings is 1. The highest BCUT2D eigenvalue weighted by Crippen LogP contribution is 2.34. The summed E-state index contributed by atoms with van der Waals surface area (Å²) in [5.74, 6) is 0.657. The quantitative estimate of drug-likeness (QED) is 0.845. The van der Waals surface area contributed by atoms with Crippen LogP contribution < -0.4 is 4.74 Å². The molecule has 1 fully saturated rings. The Balaban J connectivity index is 1.94. The van der Waals surface area contributed by atoms with Crippen LogP contribution in [-0.4, -0.2) is 41.1 Å². The normalized spacial score (nSPS) is 18.8. The molecular weight excluding hydrogens is 258 g/mol. The molecule has 0 amide bonds. The minimum absolute atomic E-state index is 0.182. The van der Waals surface area contributed by atoms with Gasteiger partial charge >= 0.3 is 0 Å². The van der Waals surface area contributed by atoms with Crippen LogP contribution in [0.25, 0.3) is 0 Å². The van der Waals surface area contributed by atoms with Crippen molar-refractivity contribution in [1.82, 2.24) is 9.88 Å². The maximum absolute atomic E-state index is 9.27. The number of methoxy groups -OCH3 is 1. The Bertz CT molecular complexity index is 464. The van der Waals surface area contributed by atoms with Crippen LogP contribution in [0, 0.1) is 11.3 Å². The molecule has 1 aromatic rings. The van der Waals surface area contributed by atoms with E-state index in [1.807, 2.05) is 24.5 Å². The molecule has 1 aliphatic heterocycles. The van der Waals surface area contributed by atoms with Crippen molar-refractivity contribution < 1.29 is 4.74 Å². The predicted octanol–water partition coefficient (Wildman–Crippen LogP) is 2.31. The average Bonchev–Trinajstić information content (AvgIpc) is 2.48. The lowest BCUT2D eigenvalue weighted by Gasteiger charge is -2.35. The summed E-state index contributed by atoms with van der Waals surface area (Å²) in [6.07, 6.45) is 3.88. The number of nitrogens with zero attached hydrogens (tertiary/aromatic N) is 3. The summed E-state index contributed by atoms with van der Waals surface area (Å²) < 4.78 is 4.95. The molecule has 1 aromatic heterocycles. The molecule has 2 heterocycles. The minimum Gasteiger partial charge on any atom is -0.481 e. The molecule has 19 heavy (non-hydrogen) atoms. The van der Waals surface area contributed by atoms with E-state index in [4.69, 9.17) is 4.74 Å². The zero-order chi connectivity index (χ0) is 13.7. The predicted molar refractivity (Wildman–Crippen MR) is 77.2 cm³/mol. The molecular formula is C14H19N3OS. The zero-order valence-corrected chi connectivity index (χ0v) is 12.2. The molecule has 5 heteroatoms. The van der Waals surface area contributed by atoms with Gasteiger partial charge < -0.3 is 4.74 Å². The standard InChI is InChI=1S/C14H19N3OS/c1-18-13-5-3-4-12(16-13)10-17-8-6-14(11-15,19-2)7-9-17/h3-5H,6-10H2,1-2H3. The molecule has 4 nitrogen and oxygen atoms in total. The van der Waals surface area contributed by atoms with E-state index in [2.05, 4.69) is 16.0 Å². The molecule has 1 aliphatic rings. The van der Waals surface area contributed by atoms with Crippen LogP contribution in [0.4, 0.5) is 0 Å². The molecule has 0 N–H and O–H groups in total. The van der Waals surface area contributed by atoms with Gasteiger partial charge in [-0.15, -0.1) is 11.8 Å². The molecule has 0 saturated carbocycles. The summed E-state index contributed by atoms with van der Waals surface area (Å²) in [6, 6.07) is 8.31. The topological polar surface area (TPSA) is 49.1 Å². The van der Waals surface area contributed by atoms with Crippen LogP contribution in [0.15, 0.2) is 18.2 Å². The Morgan fingerprint density at radius 1 is 1.47 bits per heavy atom. The van der Waals surface area contributed by atoms with Crippen molar-refractivity contribution in [2.75, 3.05) is 26.5 Å².